The molecule has 1 unspecified atom stereocenters. The minimum atomic E-state index is -1.74. The van der Waals surface area contributed by atoms with E-state index in [9.17, 15) is 19.2 Å². The van der Waals surface area contributed by atoms with E-state index >= 15 is 0 Å². The Morgan fingerprint density at radius 1 is 1.21 bits per heavy atom. The molecular formula is C22H34Cl3N3O6. The zero-order valence-electron chi connectivity index (χ0n) is 20.2. The molecule has 2 amide bonds. The van der Waals surface area contributed by atoms with Crippen LogP contribution in [-0.2, 0) is 28.7 Å². The summed E-state index contributed by atoms with van der Waals surface area (Å²) in [6.45, 7) is 11.9. The van der Waals surface area contributed by atoms with E-state index in [1.54, 1.807) is 33.8 Å². The van der Waals surface area contributed by atoms with Gasteiger partial charge in [0.2, 0.25) is 3.79 Å². The molecule has 1 heterocycles. The molecule has 0 aromatic carbocycles. The van der Waals surface area contributed by atoms with Gasteiger partial charge in [0.05, 0.1) is 5.41 Å². The van der Waals surface area contributed by atoms with Crippen LogP contribution in [0.1, 0.15) is 53.9 Å². The number of amides is 2. The number of ether oxygens (including phenoxy) is 2. The van der Waals surface area contributed by atoms with E-state index in [0.717, 1.165) is 0 Å². The molecular weight excluding hydrogens is 509 g/mol. The number of carbonyl (C=O) groups is 4. The zero-order valence-corrected chi connectivity index (χ0v) is 22.4. The second kappa shape index (κ2) is 13.0. The van der Waals surface area contributed by atoms with Gasteiger partial charge in [-0.1, -0.05) is 54.7 Å². The average Bonchev–Trinajstić information content (AvgIpc) is 2.74. The zero-order chi connectivity index (χ0) is 26.3. The summed E-state index contributed by atoms with van der Waals surface area (Å²) in [6.07, 6.45) is 1.87. The van der Waals surface area contributed by atoms with Crippen LogP contribution < -0.4 is 10.7 Å². The SMILES string of the molecule is C=CCC(C)(C)C(=O)O[C@H](C(=O)NC(C)C(=O)N1CCC[C@@H](C(=O)OCC(Cl)(Cl)Cl)N1)C(C)C. The van der Waals surface area contributed by atoms with Crippen molar-refractivity contribution < 1.29 is 28.7 Å². The number of hydrogen-bond acceptors (Lipinski definition) is 7. The van der Waals surface area contributed by atoms with Crippen molar-refractivity contribution in [2.75, 3.05) is 13.2 Å². The van der Waals surface area contributed by atoms with E-state index in [0.29, 0.717) is 25.8 Å². The smallest absolute Gasteiger partial charge is 0.325 e. The van der Waals surface area contributed by atoms with Gasteiger partial charge >= 0.3 is 11.9 Å². The minimum Gasteiger partial charge on any atom is -0.460 e. The first-order valence-corrected chi connectivity index (χ1v) is 12.2. The third-order valence-corrected chi connectivity index (χ3v) is 5.48. The topological polar surface area (TPSA) is 114 Å². The minimum absolute atomic E-state index is 0.323. The lowest BCUT2D eigenvalue weighted by molar-refractivity contribution is -0.167. The Morgan fingerprint density at radius 3 is 2.35 bits per heavy atom. The summed E-state index contributed by atoms with van der Waals surface area (Å²) in [5.74, 6) is -2.57. The molecule has 3 atom stereocenters. The molecule has 1 aliphatic rings. The first kappa shape index (κ1) is 30.5. The average molecular weight is 543 g/mol. The molecule has 2 N–H and O–H groups in total. The fraction of sp³-hybridized carbons (Fsp3) is 0.727. The summed E-state index contributed by atoms with van der Waals surface area (Å²) < 4.78 is 8.73. The van der Waals surface area contributed by atoms with Crippen LogP contribution >= 0.6 is 34.8 Å². The van der Waals surface area contributed by atoms with Crippen molar-refractivity contribution in [3.8, 4) is 0 Å². The molecule has 1 rings (SSSR count). The van der Waals surface area contributed by atoms with E-state index in [2.05, 4.69) is 17.3 Å². The summed E-state index contributed by atoms with van der Waals surface area (Å²) >= 11 is 16.8. The van der Waals surface area contributed by atoms with Crippen LogP contribution in [-0.4, -0.2) is 63.9 Å². The first-order chi connectivity index (χ1) is 15.6. The molecule has 0 radical (unpaired) electrons. The summed E-state index contributed by atoms with van der Waals surface area (Å²) in [6, 6.07) is -1.75. The van der Waals surface area contributed by atoms with Crippen molar-refractivity contribution in [3.05, 3.63) is 12.7 Å². The molecule has 1 saturated heterocycles. The lowest BCUT2D eigenvalue weighted by Gasteiger charge is -2.34. The van der Waals surface area contributed by atoms with Crippen LogP contribution in [0.15, 0.2) is 12.7 Å². The van der Waals surface area contributed by atoms with Gasteiger partial charge in [0.25, 0.3) is 11.8 Å². The van der Waals surface area contributed by atoms with Gasteiger partial charge in [0, 0.05) is 6.54 Å². The third kappa shape index (κ3) is 9.60. The van der Waals surface area contributed by atoms with Crippen molar-refractivity contribution in [2.24, 2.45) is 11.3 Å². The van der Waals surface area contributed by atoms with Crippen molar-refractivity contribution in [3.63, 3.8) is 0 Å². The summed E-state index contributed by atoms with van der Waals surface area (Å²) in [7, 11) is 0. The fourth-order valence-corrected chi connectivity index (χ4v) is 3.33. The normalized spacial score (nSPS) is 18.6. The first-order valence-electron chi connectivity index (χ1n) is 11.0. The predicted molar refractivity (Wildman–Crippen MR) is 130 cm³/mol. The second-order valence-corrected chi connectivity index (χ2v) is 11.7. The Labute approximate surface area is 215 Å². The second-order valence-electron chi connectivity index (χ2n) is 9.21. The molecule has 0 aliphatic carbocycles. The monoisotopic (exact) mass is 541 g/mol. The summed E-state index contributed by atoms with van der Waals surface area (Å²) in [5.41, 5.74) is 1.96. The van der Waals surface area contributed by atoms with Crippen LogP contribution in [0.4, 0.5) is 0 Å². The highest BCUT2D eigenvalue weighted by Crippen LogP contribution is 2.26. The largest absolute Gasteiger partial charge is 0.460 e. The number of hydrogen-bond donors (Lipinski definition) is 2. The Hall–Kier alpha value is -1.55. The number of allylic oxidation sites excluding steroid dienone is 1. The molecule has 0 spiro atoms. The molecule has 0 bridgehead atoms. The van der Waals surface area contributed by atoms with Gasteiger partial charge in [-0.15, -0.1) is 6.58 Å². The lowest BCUT2D eigenvalue weighted by Crippen LogP contribution is -2.60. The highest BCUT2D eigenvalue weighted by atomic mass is 35.6. The molecule has 9 nitrogen and oxygen atoms in total. The van der Waals surface area contributed by atoms with E-state index in [1.165, 1.54) is 11.9 Å². The molecule has 0 aromatic heterocycles. The molecule has 0 aromatic rings. The van der Waals surface area contributed by atoms with Gasteiger partial charge in [0.15, 0.2) is 6.10 Å². The number of rotatable bonds is 10. The van der Waals surface area contributed by atoms with E-state index in [-0.39, 0.29) is 5.92 Å². The van der Waals surface area contributed by atoms with Crippen LogP contribution in [0.5, 0.6) is 0 Å². The van der Waals surface area contributed by atoms with E-state index in [1.807, 2.05) is 0 Å². The molecule has 1 fully saturated rings. The molecule has 0 saturated carbocycles. The van der Waals surface area contributed by atoms with Gasteiger partial charge in [-0.3, -0.25) is 24.2 Å². The quantitative estimate of drug-likeness (QED) is 0.248. The lowest BCUT2D eigenvalue weighted by atomic mass is 9.89. The predicted octanol–water partition coefficient (Wildman–Crippen LogP) is 3.07. The third-order valence-electron chi connectivity index (χ3n) is 5.15. The Bertz CT molecular complexity index is 769. The van der Waals surface area contributed by atoms with Crippen molar-refractivity contribution in [2.45, 2.75) is 75.9 Å². The molecule has 12 heteroatoms. The van der Waals surface area contributed by atoms with Crippen molar-refractivity contribution in [1.82, 2.24) is 15.8 Å². The Kier molecular flexibility index (Phi) is 11.6. The standard InChI is InChI=1S/C22H34Cl3N3O6/c1-7-10-21(5,6)20(32)34-16(13(2)3)17(29)26-14(4)18(30)28-11-8-9-15(27-28)19(31)33-12-22(23,24)25/h7,13-16,27H,1,8-12H2,2-6H3,(H,26,29)/t14?,15-,16-/m0/s1. The maximum Gasteiger partial charge on any atom is 0.325 e. The number of halogens is 3. The fourth-order valence-electron chi connectivity index (χ4n) is 3.17. The van der Waals surface area contributed by atoms with Crippen LogP contribution in [0.25, 0.3) is 0 Å². The Balaban J connectivity index is 2.75. The van der Waals surface area contributed by atoms with E-state index in [4.69, 9.17) is 44.3 Å². The molecule has 194 valence electrons. The number of nitrogens with one attached hydrogen (secondary N) is 2. The number of alkyl halides is 3. The van der Waals surface area contributed by atoms with Gasteiger partial charge in [0.1, 0.15) is 18.7 Å². The number of carbonyl (C=O) groups excluding carboxylic acids is 4. The number of nitrogens with zero attached hydrogens (tertiary/aromatic N) is 1. The summed E-state index contributed by atoms with van der Waals surface area (Å²) in [4.78, 5) is 50.5. The van der Waals surface area contributed by atoms with Crippen LogP contribution in [0.3, 0.4) is 0 Å². The maximum atomic E-state index is 12.9. The van der Waals surface area contributed by atoms with Gasteiger partial charge < -0.3 is 14.8 Å². The summed E-state index contributed by atoms with van der Waals surface area (Å²) in [5, 5.41) is 3.85. The van der Waals surface area contributed by atoms with Crippen LogP contribution in [0.2, 0.25) is 0 Å². The van der Waals surface area contributed by atoms with Gasteiger partial charge in [-0.05, 0) is 46.0 Å². The van der Waals surface area contributed by atoms with Gasteiger partial charge in [-0.2, -0.15) is 0 Å². The maximum absolute atomic E-state index is 12.9. The number of hydrazine groups is 1. The highest BCUT2D eigenvalue weighted by Gasteiger charge is 2.37. The highest BCUT2D eigenvalue weighted by molar-refractivity contribution is 6.67. The van der Waals surface area contributed by atoms with Crippen molar-refractivity contribution >= 4 is 58.6 Å². The van der Waals surface area contributed by atoms with Gasteiger partial charge in [-0.25, -0.2) is 5.43 Å². The van der Waals surface area contributed by atoms with Crippen LogP contribution in [0, 0.1) is 11.3 Å². The van der Waals surface area contributed by atoms with Crippen molar-refractivity contribution in [1.29, 1.82) is 0 Å². The van der Waals surface area contributed by atoms with E-state index < -0.39 is 57.8 Å². The molecule has 34 heavy (non-hydrogen) atoms. The number of esters is 2. The Morgan fingerprint density at radius 2 is 1.82 bits per heavy atom. The molecule has 1 aliphatic heterocycles.